The topological polar surface area (TPSA) is 96.4 Å². The van der Waals surface area contributed by atoms with E-state index in [2.05, 4.69) is 50.4 Å². The lowest BCUT2D eigenvalue weighted by Gasteiger charge is -2.40. The van der Waals surface area contributed by atoms with E-state index in [9.17, 15) is 8.78 Å². The summed E-state index contributed by atoms with van der Waals surface area (Å²) in [5.41, 5.74) is 15.7. The molecule has 1 saturated heterocycles. The minimum absolute atomic E-state index is 0.257. The number of pyridine rings is 1. The van der Waals surface area contributed by atoms with Crippen molar-refractivity contribution < 1.29 is 8.78 Å². The molecule has 0 unspecified atom stereocenters. The molecule has 10 heteroatoms. The Morgan fingerprint density at radius 2 is 1.83 bits per heavy atom. The van der Waals surface area contributed by atoms with Crippen LogP contribution in [-0.2, 0) is 13.0 Å². The molecule has 1 fully saturated rings. The average molecular weight is 651 g/mol. The molecule has 2 aliphatic heterocycles. The molecular formula is C38H44F2N8. The van der Waals surface area contributed by atoms with Gasteiger partial charge in [-0.1, -0.05) is 32.1 Å². The third kappa shape index (κ3) is 7.49. The van der Waals surface area contributed by atoms with Crippen LogP contribution in [0.25, 0.3) is 28.0 Å². The number of anilines is 1. The van der Waals surface area contributed by atoms with Crippen LogP contribution in [0.15, 0.2) is 72.9 Å². The molecule has 0 radical (unpaired) electrons. The maximum absolute atomic E-state index is 13.5. The van der Waals surface area contributed by atoms with Gasteiger partial charge in [0.05, 0.1) is 22.8 Å². The number of rotatable bonds is 6. The zero-order valence-corrected chi connectivity index (χ0v) is 27.8. The summed E-state index contributed by atoms with van der Waals surface area (Å²) in [6.45, 7) is 14.0. The molecule has 4 aromatic rings. The van der Waals surface area contributed by atoms with E-state index in [1.54, 1.807) is 6.20 Å². The van der Waals surface area contributed by atoms with Gasteiger partial charge in [0, 0.05) is 79.4 Å². The number of halogens is 2. The summed E-state index contributed by atoms with van der Waals surface area (Å²) >= 11 is 0. The van der Waals surface area contributed by atoms with Crippen LogP contribution in [0.5, 0.6) is 0 Å². The van der Waals surface area contributed by atoms with Gasteiger partial charge in [-0.25, -0.2) is 13.8 Å². The maximum atomic E-state index is 13.5. The lowest BCUT2D eigenvalue weighted by atomic mass is 9.99. The highest BCUT2D eigenvalue weighted by Crippen LogP contribution is 2.29. The molecule has 0 atom stereocenters. The number of nitrogens with one attached hydrogen (secondary N) is 2. The first-order chi connectivity index (χ1) is 23.2. The van der Waals surface area contributed by atoms with Crippen LogP contribution in [-0.4, -0.2) is 57.9 Å². The molecule has 2 aromatic heterocycles. The standard InChI is InChI=1S/C38H44F2N8/c1-24-15-29-18-36(43-24)33(21-41)34(42-4)9-7-5-6-8-13-48-37-19-28(10-11-35(37)46-38(48)45-26(29)3)25(2)44-32-22-47(23-32)14-12-27-16-30(39)20-31(40)17-27/h10-11,15-21,32,44H,2-3,5-9,12-14,22-23,41H2,1,4H3,(H,45,46). The molecule has 2 aromatic carbocycles. The summed E-state index contributed by atoms with van der Waals surface area (Å²) in [6.07, 6.45) is 7.23. The summed E-state index contributed by atoms with van der Waals surface area (Å²) in [5.74, 6) is -0.322. The molecule has 4 heterocycles. The predicted octanol–water partition coefficient (Wildman–Crippen LogP) is 6.92. The summed E-state index contributed by atoms with van der Waals surface area (Å²) in [6, 6.07) is 14.2. The molecule has 48 heavy (non-hydrogen) atoms. The van der Waals surface area contributed by atoms with E-state index < -0.39 is 11.6 Å². The normalized spacial score (nSPS) is 18.2. The highest BCUT2D eigenvalue weighted by molar-refractivity contribution is 6.23. The lowest BCUT2D eigenvalue weighted by Crippen LogP contribution is -2.57. The van der Waals surface area contributed by atoms with Crippen molar-refractivity contribution in [3.8, 4) is 0 Å². The second-order valence-electron chi connectivity index (χ2n) is 12.8. The number of nitrogens with two attached hydrogens (primary N) is 1. The van der Waals surface area contributed by atoms with Crippen molar-refractivity contribution in [1.29, 1.82) is 0 Å². The Labute approximate surface area is 281 Å². The van der Waals surface area contributed by atoms with E-state index in [1.165, 1.54) is 12.1 Å². The van der Waals surface area contributed by atoms with Gasteiger partial charge < -0.3 is 20.9 Å². The summed E-state index contributed by atoms with van der Waals surface area (Å²) in [7, 11) is 1.81. The smallest absolute Gasteiger partial charge is 0.208 e. The minimum Gasteiger partial charge on any atom is -0.404 e. The number of aliphatic imine (C=N–C) groups is 1. The van der Waals surface area contributed by atoms with E-state index in [1.807, 2.05) is 32.2 Å². The monoisotopic (exact) mass is 650 g/mol. The van der Waals surface area contributed by atoms with E-state index in [4.69, 9.17) is 15.7 Å². The fourth-order valence-electron chi connectivity index (χ4n) is 6.65. The van der Waals surface area contributed by atoms with Gasteiger partial charge in [0.1, 0.15) is 11.6 Å². The van der Waals surface area contributed by atoms with Crippen molar-refractivity contribution in [3.05, 3.63) is 108 Å². The van der Waals surface area contributed by atoms with Crippen LogP contribution in [0.1, 0.15) is 60.2 Å². The van der Waals surface area contributed by atoms with Crippen LogP contribution in [0, 0.1) is 18.6 Å². The number of hydrogen-bond donors (Lipinski definition) is 3. The van der Waals surface area contributed by atoms with E-state index in [-0.39, 0.29) is 6.04 Å². The fraction of sp³-hybridized carbons (Fsp3) is 0.342. The fourth-order valence-corrected chi connectivity index (χ4v) is 6.65. The summed E-state index contributed by atoms with van der Waals surface area (Å²) in [5, 5.41) is 7.09. The Bertz CT molecular complexity index is 1880. The molecule has 0 spiro atoms. The molecule has 6 rings (SSSR count). The number of aromatic nitrogens is 3. The molecule has 0 amide bonds. The van der Waals surface area contributed by atoms with Crippen LogP contribution in [0.4, 0.5) is 14.7 Å². The molecule has 8 nitrogen and oxygen atoms in total. The highest BCUT2D eigenvalue weighted by atomic mass is 19.1. The van der Waals surface area contributed by atoms with Gasteiger partial charge in [0.15, 0.2) is 0 Å². The van der Waals surface area contributed by atoms with Gasteiger partial charge in [-0.3, -0.25) is 14.9 Å². The molecule has 0 saturated carbocycles. The number of imidazole rings is 1. The minimum atomic E-state index is -0.534. The molecule has 250 valence electrons. The number of hydrogen-bond acceptors (Lipinski definition) is 7. The highest BCUT2D eigenvalue weighted by Gasteiger charge is 2.27. The van der Waals surface area contributed by atoms with Crippen LogP contribution >= 0.6 is 0 Å². The first-order valence-electron chi connectivity index (χ1n) is 16.7. The van der Waals surface area contributed by atoms with Gasteiger partial charge in [-0.15, -0.1) is 0 Å². The Kier molecular flexibility index (Phi) is 10.0. The Morgan fingerprint density at radius 1 is 1.06 bits per heavy atom. The van der Waals surface area contributed by atoms with Crippen molar-refractivity contribution in [2.24, 2.45) is 10.7 Å². The molecule has 4 N–H and O–H groups in total. The third-order valence-corrected chi connectivity index (χ3v) is 9.20. The maximum Gasteiger partial charge on any atom is 0.208 e. The van der Waals surface area contributed by atoms with Crippen molar-refractivity contribution >= 4 is 39.7 Å². The van der Waals surface area contributed by atoms with Gasteiger partial charge in [0.25, 0.3) is 0 Å². The number of nitrogens with zero attached hydrogens (tertiary/aromatic N) is 5. The summed E-state index contributed by atoms with van der Waals surface area (Å²) < 4.78 is 29.3. The number of likely N-dealkylation sites (tertiary alicyclic amines) is 1. The predicted molar refractivity (Wildman–Crippen MR) is 192 cm³/mol. The Balaban J connectivity index is 1.18. The lowest BCUT2D eigenvalue weighted by molar-refractivity contribution is 0.139. The molecule has 0 aliphatic carbocycles. The quantitative estimate of drug-likeness (QED) is 0.210. The number of aryl methyl sites for hydroxylation is 2. The second kappa shape index (κ2) is 14.5. The van der Waals surface area contributed by atoms with Crippen LogP contribution < -0.4 is 16.4 Å². The zero-order chi connectivity index (χ0) is 33.8. The van der Waals surface area contributed by atoms with Crippen molar-refractivity contribution in [2.75, 3.05) is 32.0 Å². The SMILES string of the molecule is C=C1Nc2nc3ccc(C(=C)NC4CN(CCc5cc(F)cc(F)c5)C4)cc3n2CCCCCCC(=NC)C(=CN)c2cc1cc(C)n2. The second-order valence-corrected chi connectivity index (χ2v) is 12.8. The van der Waals surface area contributed by atoms with Gasteiger partial charge >= 0.3 is 0 Å². The van der Waals surface area contributed by atoms with Gasteiger partial charge in [-0.2, -0.15) is 0 Å². The first-order valence-corrected chi connectivity index (χ1v) is 16.7. The van der Waals surface area contributed by atoms with Crippen LogP contribution in [0.2, 0.25) is 0 Å². The Morgan fingerprint density at radius 3 is 2.58 bits per heavy atom. The van der Waals surface area contributed by atoms with E-state index >= 15 is 0 Å². The average Bonchev–Trinajstić information content (AvgIpc) is 3.37. The summed E-state index contributed by atoms with van der Waals surface area (Å²) in [4.78, 5) is 16.6. The van der Waals surface area contributed by atoms with Crippen molar-refractivity contribution in [2.45, 2.75) is 58.0 Å². The first kappa shape index (κ1) is 33.1. The van der Waals surface area contributed by atoms with Crippen molar-refractivity contribution in [3.63, 3.8) is 0 Å². The number of benzene rings is 2. The molecule has 2 aliphatic rings. The zero-order valence-electron chi connectivity index (χ0n) is 27.8. The van der Waals surface area contributed by atoms with Crippen molar-refractivity contribution in [1.82, 2.24) is 24.8 Å². The molecule has 2 bridgehead atoms. The Hall–Kier alpha value is -4.83. The largest absolute Gasteiger partial charge is 0.404 e. The van der Waals surface area contributed by atoms with E-state index in [0.717, 1.165) is 127 Å². The van der Waals surface area contributed by atoms with Crippen LogP contribution in [0.3, 0.4) is 0 Å². The van der Waals surface area contributed by atoms with E-state index in [0.29, 0.717) is 12.0 Å². The molecular weight excluding hydrogens is 606 g/mol. The third-order valence-electron chi connectivity index (χ3n) is 9.20. The number of allylic oxidation sites excluding steroid dienone is 1. The van der Waals surface area contributed by atoms with Gasteiger partial charge in [-0.05, 0) is 80.1 Å². The van der Waals surface area contributed by atoms with Gasteiger partial charge in [0.2, 0.25) is 5.95 Å². The number of fused-ring (bicyclic) bond motifs is 5.